The number of halogens is 1. The lowest BCUT2D eigenvalue weighted by molar-refractivity contribution is -0.122. The van der Waals surface area contributed by atoms with Crippen LogP contribution in [0.2, 0.25) is 5.02 Å². The zero-order chi connectivity index (χ0) is 20.9. The second kappa shape index (κ2) is 9.30. The maximum atomic E-state index is 12.7. The van der Waals surface area contributed by atoms with Crippen molar-refractivity contribution in [2.45, 2.75) is 32.9 Å². The minimum absolute atomic E-state index is 0.263. The van der Waals surface area contributed by atoms with E-state index < -0.39 is 22.0 Å². The number of anilines is 1. The SMILES string of the molecule is Cc1ccccc1OC[C@@H](C)NC(=O)[C@@H](C)N(c1cccc(Cl)c1)S(C)(=O)=O. The molecular weight excluding hydrogens is 400 g/mol. The zero-order valence-electron chi connectivity index (χ0n) is 16.3. The molecule has 28 heavy (non-hydrogen) atoms. The van der Waals surface area contributed by atoms with Crippen molar-refractivity contribution in [3.63, 3.8) is 0 Å². The van der Waals surface area contributed by atoms with Gasteiger partial charge in [-0.1, -0.05) is 35.9 Å². The van der Waals surface area contributed by atoms with Gasteiger partial charge in [0.05, 0.1) is 18.0 Å². The van der Waals surface area contributed by atoms with Gasteiger partial charge in [-0.3, -0.25) is 9.10 Å². The molecule has 0 unspecified atom stereocenters. The molecule has 2 atom stereocenters. The van der Waals surface area contributed by atoms with E-state index in [1.807, 2.05) is 31.2 Å². The van der Waals surface area contributed by atoms with Crippen LogP contribution in [0, 0.1) is 6.92 Å². The van der Waals surface area contributed by atoms with Gasteiger partial charge in [-0.05, 0) is 50.6 Å². The van der Waals surface area contributed by atoms with Crippen LogP contribution in [-0.2, 0) is 14.8 Å². The van der Waals surface area contributed by atoms with Crippen molar-refractivity contribution >= 4 is 33.2 Å². The van der Waals surface area contributed by atoms with Crippen LogP contribution in [0.5, 0.6) is 5.75 Å². The number of nitrogens with one attached hydrogen (secondary N) is 1. The van der Waals surface area contributed by atoms with Gasteiger partial charge in [0.25, 0.3) is 0 Å². The molecule has 0 bridgehead atoms. The summed E-state index contributed by atoms with van der Waals surface area (Å²) in [4.78, 5) is 12.7. The maximum Gasteiger partial charge on any atom is 0.243 e. The second-order valence-corrected chi connectivity index (χ2v) is 9.00. The fourth-order valence-electron chi connectivity index (χ4n) is 2.76. The third kappa shape index (κ3) is 5.87. The Morgan fingerprint density at radius 3 is 2.46 bits per heavy atom. The van der Waals surface area contributed by atoms with Gasteiger partial charge in [-0.2, -0.15) is 0 Å². The van der Waals surface area contributed by atoms with E-state index in [9.17, 15) is 13.2 Å². The fraction of sp³-hybridized carbons (Fsp3) is 0.350. The number of hydrogen-bond acceptors (Lipinski definition) is 4. The number of para-hydroxylation sites is 1. The van der Waals surface area contributed by atoms with E-state index in [1.54, 1.807) is 25.1 Å². The smallest absolute Gasteiger partial charge is 0.243 e. The summed E-state index contributed by atoms with van der Waals surface area (Å²) in [5, 5.41) is 3.19. The molecule has 2 aromatic rings. The minimum Gasteiger partial charge on any atom is -0.491 e. The lowest BCUT2D eigenvalue weighted by atomic mass is 10.2. The van der Waals surface area contributed by atoms with Crippen molar-refractivity contribution in [2.24, 2.45) is 0 Å². The van der Waals surface area contributed by atoms with Gasteiger partial charge in [-0.15, -0.1) is 0 Å². The highest BCUT2D eigenvalue weighted by Crippen LogP contribution is 2.24. The van der Waals surface area contributed by atoms with E-state index in [-0.39, 0.29) is 12.6 Å². The van der Waals surface area contributed by atoms with Crippen molar-refractivity contribution < 1.29 is 17.9 Å². The number of nitrogens with zero attached hydrogens (tertiary/aromatic N) is 1. The molecule has 6 nitrogen and oxygen atoms in total. The normalized spacial score (nSPS) is 13.5. The van der Waals surface area contributed by atoms with Gasteiger partial charge >= 0.3 is 0 Å². The molecule has 0 spiro atoms. The molecule has 0 saturated carbocycles. The van der Waals surface area contributed by atoms with E-state index in [4.69, 9.17) is 16.3 Å². The molecule has 0 heterocycles. The molecule has 0 aliphatic rings. The van der Waals surface area contributed by atoms with E-state index in [0.717, 1.165) is 21.9 Å². The molecule has 0 radical (unpaired) electrons. The first-order chi connectivity index (χ1) is 13.1. The van der Waals surface area contributed by atoms with Crippen LogP contribution in [-0.4, -0.2) is 39.3 Å². The number of rotatable bonds is 8. The number of benzene rings is 2. The summed E-state index contributed by atoms with van der Waals surface area (Å²) in [7, 11) is -3.69. The van der Waals surface area contributed by atoms with E-state index in [0.29, 0.717) is 10.7 Å². The predicted octanol–water partition coefficient (Wildman–Crippen LogP) is 3.39. The van der Waals surface area contributed by atoms with Crippen LogP contribution in [0.4, 0.5) is 5.69 Å². The Bertz CT molecular complexity index is 933. The molecule has 2 aromatic carbocycles. The summed E-state index contributed by atoms with van der Waals surface area (Å²) in [5.41, 5.74) is 1.33. The molecule has 0 fully saturated rings. The average molecular weight is 425 g/mol. The fourth-order valence-corrected chi connectivity index (χ4v) is 4.11. The van der Waals surface area contributed by atoms with Gasteiger partial charge in [0.15, 0.2) is 0 Å². The van der Waals surface area contributed by atoms with Crippen LogP contribution >= 0.6 is 11.6 Å². The Kier molecular flexibility index (Phi) is 7.32. The number of hydrogen-bond donors (Lipinski definition) is 1. The molecule has 0 aromatic heterocycles. The first-order valence-electron chi connectivity index (χ1n) is 8.83. The van der Waals surface area contributed by atoms with Crippen molar-refractivity contribution in [3.05, 3.63) is 59.1 Å². The summed E-state index contributed by atoms with van der Waals surface area (Å²) in [6, 6.07) is 12.7. The average Bonchev–Trinajstić information content (AvgIpc) is 2.60. The van der Waals surface area contributed by atoms with Gasteiger partial charge in [-0.25, -0.2) is 8.42 Å². The lowest BCUT2D eigenvalue weighted by Gasteiger charge is -2.29. The molecule has 0 aliphatic heterocycles. The first kappa shape index (κ1) is 22.0. The number of carbonyl (C=O) groups excluding carboxylic acids is 1. The summed E-state index contributed by atoms with van der Waals surface area (Å²) in [6.07, 6.45) is 1.06. The Labute approximate surface area is 171 Å². The number of amides is 1. The Morgan fingerprint density at radius 2 is 1.86 bits per heavy atom. The number of ether oxygens (including phenoxy) is 1. The number of carbonyl (C=O) groups is 1. The summed E-state index contributed by atoms with van der Waals surface area (Å²) in [5.74, 6) is 0.319. The van der Waals surface area contributed by atoms with Crippen LogP contribution in [0.25, 0.3) is 0 Å². The lowest BCUT2D eigenvalue weighted by Crippen LogP contribution is -2.50. The quantitative estimate of drug-likeness (QED) is 0.704. The largest absolute Gasteiger partial charge is 0.491 e. The Balaban J connectivity index is 2.07. The van der Waals surface area contributed by atoms with Crippen LogP contribution < -0.4 is 14.4 Å². The van der Waals surface area contributed by atoms with Crippen molar-refractivity contribution in [2.75, 3.05) is 17.2 Å². The standard InChI is InChI=1S/C20H25ClN2O4S/c1-14-8-5-6-11-19(14)27-13-15(2)22-20(24)16(3)23(28(4,25)26)18-10-7-9-17(21)12-18/h5-12,15-16H,13H2,1-4H3,(H,22,24)/t15-,16-/m1/s1. The van der Waals surface area contributed by atoms with Crippen molar-refractivity contribution in [1.82, 2.24) is 5.32 Å². The molecule has 2 rings (SSSR count). The predicted molar refractivity (Wildman–Crippen MR) is 113 cm³/mol. The van der Waals surface area contributed by atoms with E-state index >= 15 is 0 Å². The third-order valence-electron chi connectivity index (χ3n) is 4.12. The van der Waals surface area contributed by atoms with Gasteiger partial charge in [0, 0.05) is 5.02 Å². The minimum atomic E-state index is -3.69. The van der Waals surface area contributed by atoms with E-state index in [1.165, 1.54) is 13.0 Å². The Morgan fingerprint density at radius 1 is 1.18 bits per heavy atom. The maximum absolute atomic E-state index is 12.7. The molecule has 1 amide bonds. The summed E-state index contributed by atoms with van der Waals surface area (Å²) in [6.45, 7) is 5.54. The molecule has 8 heteroatoms. The highest BCUT2D eigenvalue weighted by atomic mass is 35.5. The molecule has 0 aliphatic carbocycles. The monoisotopic (exact) mass is 424 g/mol. The molecule has 152 valence electrons. The van der Waals surface area contributed by atoms with Crippen LogP contribution in [0.1, 0.15) is 19.4 Å². The highest BCUT2D eigenvalue weighted by molar-refractivity contribution is 7.92. The first-order valence-corrected chi connectivity index (χ1v) is 11.1. The molecular formula is C20H25ClN2O4S. The molecule has 1 N–H and O–H groups in total. The topological polar surface area (TPSA) is 75.7 Å². The van der Waals surface area contributed by atoms with Crippen LogP contribution in [0.15, 0.2) is 48.5 Å². The summed E-state index contributed by atoms with van der Waals surface area (Å²) >= 11 is 5.98. The second-order valence-electron chi connectivity index (χ2n) is 6.70. The van der Waals surface area contributed by atoms with Gasteiger partial charge < -0.3 is 10.1 Å². The van der Waals surface area contributed by atoms with E-state index in [2.05, 4.69) is 5.32 Å². The van der Waals surface area contributed by atoms with Crippen LogP contribution in [0.3, 0.4) is 0 Å². The zero-order valence-corrected chi connectivity index (χ0v) is 17.9. The van der Waals surface area contributed by atoms with Gasteiger partial charge in [0.2, 0.25) is 15.9 Å². The third-order valence-corrected chi connectivity index (χ3v) is 5.60. The van der Waals surface area contributed by atoms with Crippen molar-refractivity contribution in [3.8, 4) is 5.75 Å². The summed E-state index contributed by atoms with van der Waals surface area (Å²) < 4.78 is 31.4. The Hall–Kier alpha value is -2.25. The molecule has 0 saturated heterocycles. The number of aryl methyl sites for hydroxylation is 1. The van der Waals surface area contributed by atoms with Gasteiger partial charge in [0.1, 0.15) is 18.4 Å². The highest BCUT2D eigenvalue weighted by Gasteiger charge is 2.29. The number of sulfonamides is 1. The van der Waals surface area contributed by atoms with Crippen molar-refractivity contribution in [1.29, 1.82) is 0 Å².